The van der Waals surface area contributed by atoms with E-state index >= 15 is 0 Å². The molecule has 0 aliphatic rings. The molecule has 1 N–H and O–H groups in total. The zero-order valence-corrected chi connectivity index (χ0v) is 12.1. The molecule has 8 nitrogen and oxygen atoms in total. The molecule has 0 aliphatic heterocycles. The Balaban J connectivity index is 2.91. The van der Waals surface area contributed by atoms with Gasteiger partial charge in [0.25, 0.3) is 11.6 Å². The molecule has 0 bridgehead atoms. The zero-order valence-electron chi connectivity index (χ0n) is 12.1. The predicted octanol–water partition coefficient (Wildman–Crippen LogP) is 1.42. The van der Waals surface area contributed by atoms with Gasteiger partial charge < -0.3 is 10.1 Å². The van der Waals surface area contributed by atoms with E-state index in [1.165, 1.54) is 25.3 Å². The molecule has 1 aromatic carbocycles. The van der Waals surface area contributed by atoms with E-state index < -0.39 is 28.8 Å². The summed E-state index contributed by atoms with van der Waals surface area (Å²) in [4.78, 5) is 33.8. The number of rotatable bonds is 6. The van der Waals surface area contributed by atoms with Gasteiger partial charge in [-0.15, -0.1) is 0 Å². The van der Waals surface area contributed by atoms with Crippen molar-refractivity contribution in [2.45, 2.75) is 19.4 Å². The highest BCUT2D eigenvalue weighted by Gasteiger charge is 2.24. The number of methoxy groups -OCH3 is 1. The van der Waals surface area contributed by atoms with E-state index in [-0.39, 0.29) is 17.7 Å². The lowest BCUT2D eigenvalue weighted by molar-refractivity contribution is -0.384. The highest BCUT2D eigenvalue weighted by Crippen LogP contribution is 2.14. The van der Waals surface area contributed by atoms with Gasteiger partial charge in [-0.2, -0.15) is 5.26 Å². The molecule has 8 heteroatoms. The minimum absolute atomic E-state index is 0.0488. The number of hydrogen-bond donors (Lipinski definition) is 1. The van der Waals surface area contributed by atoms with Crippen LogP contribution in [0.15, 0.2) is 24.3 Å². The van der Waals surface area contributed by atoms with Crippen LogP contribution in [0.3, 0.4) is 0 Å². The Morgan fingerprint density at radius 2 is 2.18 bits per heavy atom. The van der Waals surface area contributed by atoms with Crippen LogP contribution in [-0.4, -0.2) is 30.0 Å². The number of non-ortho nitro benzene ring substituents is 1. The third kappa shape index (κ3) is 4.56. The lowest BCUT2D eigenvalue weighted by Crippen LogP contribution is -2.42. The monoisotopic (exact) mass is 305 g/mol. The van der Waals surface area contributed by atoms with Crippen molar-refractivity contribution in [1.82, 2.24) is 5.32 Å². The number of esters is 1. The largest absolute Gasteiger partial charge is 0.467 e. The topological polar surface area (TPSA) is 122 Å². The van der Waals surface area contributed by atoms with E-state index in [1.807, 2.05) is 6.07 Å². The summed E-state index contributed by atoms with van der Waals surface area (Å²) in [5, 5.41) is 21.9. The number of carbonyl (C=O) groups excluding carboxylic acids is 2. The molecule has 0 unspecified atom stereocenters. The number of nitro groups is 1. The van der Waals surface area contributed by atoms with Gasteiger partial charge in [0.15, 0.2) is 0 Å². The molecule has 0 aromatic heterocycles. The molecular formula is C14H15N3O5. The van der Waals surface area contributed by atoms with Crippen molar-refractivity contribution in [2.75, 3.05) is 7.11 Å². The fourth-order valence-corrected chi connectivity index (χ4v) is 1.76. The van der Waals surface area contributed by atoms with Crippen molar-refractivity contribution >= 4 is 17.6 Å². The van der Waals surface area contributed by atoms with E-state index in [1.54, 1.807) is 6.92 Å². The van der Waals surface area contributed by atoms with Crippen molar-refractivity contribution in [2.24, 2.45) is 5.92 Å². The summed E-state index contributed by atoms with van der Waals surface area (Å²) in [6, 6.07) is 6.10. The predicted molar refractivity (Wildman–Crippen MR) is 75.8 cm³/mol. The fourth-order valence-electron chi connectivity index (χ4n) is 1.76. The van der Waals surface area contributed by atoms with Crippen LogP contribution in [0.5, 0.6) is 0 Å². The average Bonchev–Trinajstić information content (AvgIpc) is 2.53. The summed E-state index contributed by atoms with van der Waals surface area (Å²) in [7, 11) is 1.17. The molecule has 0 radical (unpaired) electrons. The molecular weight excluding hydrogens is 290 g/mol. The Morgan fingerprint density at radius 1 is 1.50 bits per heavy atom. The van der Waals surface area contributed by atoms with Gasteiger partial charge in [0.05, 0.1) is 18.1 Å². The number of amides is 1. The number of nitrogens with zero attached hydrogens (tertiary/aromatic N) is 2. The zero-order chi connectivity index (χ0) is 16.7. The maximum atomic E-state index is 12.1. The van der Waals surface area contributed by atoms with Gasteiger partial charge in [-0.1, -0.05) is 6.07 Å². The Labute approximate surface area is 126 Å². The summed E-state index contributed by atoms with van der Waals surface area (Å²) >= 11 is 0. The number of nitriles is 1. The van der Waals surface area contributed by atoms with Crippen molar-refractivity contribution in [3.8, 4) is 6.07 Å². The van der Waals surface area contributed by atoms with Crippen LogP contribution in [-0.2, 0) is 9.53 Å². The highest BCUT2D eigenvalue weighted by atomic mass is 16.6. The first-order valence-corrected chi connectivity index (χ1v) is 6.41. The molecule has 1 amide bonds. The van der Waals surface area contributed by atoms with Gasteiger partial charge in [0.2, 0.25) is 0 Å². The lowest BCUT2D eigenvalue weighted by Gasteiger charge is -2.17. The molecule has 116 valence electrons. The normalized spacial score (nSPS) is 12.6. The number of benzene rings is 1. The molecule has 1 aromatic rings. The molecule has 1 rings (SSSR count). The summed E-state index contributed by atoms with van der Waals surface area (Å²) in [6.45, 7) is 1.61. The second-order valence-electron chi connectivity index (χ2n) is 4.62. The lowest BCUT2D eigenvalue weighted by atomic mass is 10.0. The van der Waals surface area contributed by atoms with Crippen LogP contribution in [0, 0.1) is 27.4 Å². The van der Waals surface area contributed by atoms with E-state index in [2.05, 4.69) is 10.1 Å². The SMILES string of the molecule is COC(=O)[C@H](C[C@@H](C)C#N)NC(=O)c1cccc([N+](=O)[O-])c1. The van der Waals surface area contributed by atoms with Crippen LogP contribution < -0.4 is 5.32 Å². The standard InChI is InChI=1S/C14H15N3O5/c1-9(8-15)6-12(14(19)22-2)16-13(18)10-4-3-5-11(7-10)17(20)21/h3-5,7,9,12H,6H2,1-2H3,(H,16,18)/t9-,12+/m1/s1. The quantitative estimate of drug-likeness (QED) is 0.481. The maximum absolute atomic E-state index is 12.1. The van der Waals surface area contributed by atoms with Crippen LogP contribution in [0.4, 0.5) is 5.69 Å². The maximum Gasteiger partial charge on any atom is 0.328 e. The van der Waals surface area contributed by atoms with Crippen molar-refractivity contribution in [1.29, 1.82) is 5.26 Å². The highest BCUT2D eigenvalue weighted by molar-refractivity contribution is 5.97. The van der Waals surface area contributed by atoms with E-state index in [9.17, 15) is 19.7 Å². The first-order valence-electron chi connectivity index (χ1n) is 6.41. The number of nitro benzene ring substituents is 1. The second kappa shape index (κ2) is 7.73. The molecule has 0 saturated carbocycles. The van der Waals surface area contributed by atoms with E-state index in [4.69, 9.17) is 5.26 Å². The number of carbonyl (C=O) groups is 2. The Hall–Kier alpha value is -2.95. The average molecular weight is 305 g/mol. The summed E-state index contributed by atoms with van der Waals surface area (Å²) in [6.07, 6.45) is 0.0871. The fraction of sp³-hybridized carbons (Fsp3) is 0.357. The number of nitrogens with one attached hydrogen (secondary N) is 1. The van der Waals surface area contributed by atoms with E-state index in [0.717, 1.165) is 6.07 Å². The Kier molecular flexibility index (Phi) is 6.01. The Morgan fingerprint density at radius 3 is 2.73 bits per heavy atom. The second-order valence-corrected chi connectivity index (χ2v) is 4.62. The van der Waals surface area contributed by atoms with Crippen LogP contribution in [0.2, 0.25) is 0 Å². The molecule has 0 spiro atoms. The smallest absolute Gasteiger partial charge is 0.328 e. The van der Waals surface area contributed by atoms with Crippen molar-refractivity contribution in [3.05, 3.63) is 39.9 Å². The Bertz CT molecular complexity index is 623. The van der Waals surface area contributed by atoms with Crippen molar-refractivity contribution < 1.29 is 19.2 Å². The third-order valence-corrected chi connectivity index (χ3v) is 2.92. The first kappa shape index (κ1) is 17.1. The molecule has 22 heavy (non-hydrogen) atoms. The van der Waals surface area contributed by atoms with Crippen LogP contribution in [0.1, 0.15) is 23.7 Å². The summed E-state index contributed by atoms with van der Waals surface area (Å²) in [5.74, 6) is -1.79. The number of ether oxygens (including phenoxy) is 1. The van der Waals surface area contributed by atoms with Gasteiger partial charge >= 0.3 is 5.97 Å². The van der Waals surface area contributed by atoms with Gasteiger partial charge in [-0.05, 0) is 19.4 Å². The van der Waals surface area contributed by atoms with Crippen molar-refractivity contribution in [3.63, 3.8) is 0 Å². The minimum Gasteiger partial charge on any atom is -0.467 e. The summed E-state index contributed by atoms with van der Waals surface area (Å²) < 4.78 is 4.59. The van der Waals surface area contributed by atoms with Gasteiger partial charge in [0.1, 0.15) is 6.04 Å². The molecule has 0 fully saturated rings. The van der Waals surface area contributed by atoms with Crippen LogP contribution >= 0.6 is 0 Å². The van der Waals surface area contributed by atoms with Gasteiger partial charge in [-0.3, -0.25) is 14.9 Å². The van der Waals surface area contributed by atoms with Gasteiger partial charge in [-0.25, -0.2) is 4.79 Å². The molecule has 0 heterocycles. The van der Waals surface area contributed by atoms with E-state index in [0.29, 0.717) is 0 Å². The molecule has 0 aliphatic carbocycles. The minimum atomic E-state index is -0.994. The molecule has 0 saturated heterocycles. The number of hydrogen-bond acceptors (Lipinski definition) is 6. The van der Waals surface area contributed by atoms with Gasteiger partial charge in [0, 0.05) is 23.6 Å². The molecule has 2 atom stereocenters. The summed E-state index contributed by atoms with van der Waals surface area (Å²) in [5.41, 5.74) is -0.180. The first-order chi connectivity index (χ1) is 10.4. The third-order valence-electron chi connectivity index (χ3n) is 2.92. The van der Waals surface area contributed by atoms with Crippen LogP contribution in [0.25, 0.3) is 0 Å².